The molecule has 0 saturated carbocycles. The molecular weight excluding hydrogens is 440 g/mol. The van der Waals surface area contributed by atoms with Crippen molar-refractivity contribution in [3.63, 3.8) is 0 Å². The summed E-state index contributed by atoms with van der Waals surface area (Å²) in [7, 11) is -1.09. The smallest absolute Gasteiger partial charge is 0.374 e. The van der Waals surface area contributed by atoms with Crippen LogP contribution in [0, 0.1) is 11.7 Å². The molecular formula is C22H22BClFNO6. The van der Waals surface area contributed by atoms with Gasteiger partial charge in [0.15, 0.2) is 5.78 Å². The van der Waals surface area contributed by atoms with E-state index < -0.39 is 48.3 Å². The number of carbonyl (C=O) groups is 3. The Hall–Kier alpha value is -2.75. The Morgan fingerprint density at radius 1 is 1.19 bits per heavy atom. The van der Waals surface area contributed by atoms with Gasteiger partial charge in [0.2, 0.25) is 5.92 Å². The van der Waals surface area contributed by atoms with Crippen molar-refractivity contribution in [2.24, 2.45) is 5.92 Å². The molecule has 168 valence electrons. The Kier molecular flexibility index (Phi) is 7.02. The maximum Gasteiger partial charge on any atom is 0.374 e. The number of nitrogens with one attached hydrogen (secondary N) is 1. The number of esters is 2. The van der Waals surface area contributed by atoms with Gasteiger partial charge in [0.1, 0.15) is 5.82 Å². The highest BCUT2D eigenvalue weighted by atomic mass is 35.5. The Labute approximate surface area is 190 Å². The van der Waals surface area contributed by atoms with Crippen LogP contribution in [0.5, 0.6) is 0 Å². The van der Waals surface area contributed by atoms with E-state index in [1.165, 1.54) is 38.9 Å². The average molecular weight is 462 g/mol. The number of hydrogen-bond acceptors (Lipinski definition) is 7. The normalized spacial score (nSPS) is 16.8. The predicted molar refractivity (Wildman–Crippen MR) is 116 cm³/mol. The summed E-state index contributed by atoms with van der Waals surface area (Å²) in [6, 6.07) is 9.86. The van der Waals surface area contributed by atoms with Gasteiger partial charge in [-0.15, -0.1) is 0 Å². The highest BCUT2D eigenvalue weighted by Crippen LogP contribution is 2.28. The SMILES string of the molecule is CB(O)N[C@H](Cc1ccc(-c2cc(Cl)ccc2F)cc1)C(=O)C1C(=O)OC(C)(C)OC1=O. The molecule has 1 aliphatic heterocycles. The molecule has 0 aromatic heterocycles. The zero-order valence-corrected chi connectivity index (χ0v) is 18.5. The van der Waals surface area contributed by atoms with Gasteiger partial charge in [-0.2, -0.15) is 0 Å². The van der Waals surface area contributed by atoms with E-state index in [4.69, 9.17) is 21.1 Å². The number of Topliss-reactive ketones (excluding diaryl/α,β-unsaturated/α-hetero) is 1. The van der Waals surface area contributed by atoms with Crippen LogP contribution in [0.2, 0.25) is 11.8 Å². The minimum atomic E-state index is -1.75. The number of ketones is 1. The fourth-order valence-electron chi connectivity index (χ4n) is 3.46. The highest BCUT2D eigenvalue weighted by Gasteiger charge is 2.49. The van der Waals surface area contributed by atoms with Crippen LogP contribution >= 0.6 is 11.6 Å². The molecule has 2 aromatic rings. The van der Waals surface area contributed by atoms with E-state index in [-0.39, 0.29) is 6.42 Å². The second-order valence-electron chi connectivity index (χ2n) is 8.00. The van der Waals surface area contributed by atoms with Crippen LogP contribution in [0.15, 0.2) is 42.5 Å². The van der Waals surface area contributed by atoms with E-state index >= 15 is 0 Å². The molecule has 0 radical (unpaired) electrons. The standard InChI is InChI=1S/C22H22BClFNO6/c1-22(2)31-20(28)18(21(29)32-22)19(27)17(26-23(3)30)10-12-4-6-13(7-5-12)15-11-14(24)8-9-16(15)25/h4-9,11,17-18,26,30H,10H2,1-3H3/t17-/m1/s1. The van der Waals surface area contributed by atoms with Crippen molar-refractivity contribution in [1.82, 2.24) is 5.23 Å². The Bertz CT molecular complexity index is 1020. The molecule has 3 rings (SSSR count). The Morgan fingerprint density at radius 3 is 2.34 bits per heavy atom. The molecule has 1 aliphatic rings. The molecule has 1 heterocycles. The van der Waals surface area contributed by atoms with Gasteiger partial charge in [-0.1, -0.05) is 35.9 Å². The lowest BCUT2D eigenvalue weighted by molar-refractivity contribution is -0.238. The first-order valence-corrected chi connectivity index (χ1v) is 10.3. The minimum Gasteiger partial charge on any atom is -0.437 e. The molecule has 7 nitrogen and oxygen atoms in total. The maximum absolute atomic E-state index is 14.1. The Balaban J connectivity index is 1.81. The lowest BCUT2D eigenvalue weighted by Gasteiger charge is -2.33. The molecule has 0 spiro atoms. The summed E-state index contributed by atoms with van der Waals surface area (Å²) in [5.74, 6) is -6.41. The zero-order chi connectivity index (χ0) is 23.6. The van der Waals surface area contributed by atoms with Gasteiger partial charge in [0.25, 0.3) is 5.79 Å². The fourth-order valence-corrected chi connectivity index (χ4v) is 3.63. The van der Waals surface area contributed by atoms with Crippen molar-refractivity contribution in [3.8, 4) is 11.1 Å². The molecule has 10 heteroatoms. The van der Waals surface area contributed by atoms with Crippen molar-refractivity contribution >= 4 is 36.4 Å². The molecule has 1 fully saturated rings. The van der Waals surface area contributed by atoms with Crippen LogP contribution in [0.3, 0.4) is 0 Å². The first-order chi connectivity index (χ1) is 15.0. The maximum atomic E-state index is 14.1. The molecule has 1 saturated heterocycles. The highest BCUT2D eigenvalue weighted by molar-refractivity contribution is 6.46. The van der Waals surface area contributed by atoms with Crippen molar-refractivity contribution < 1.29 is 33.3 Å². The molecule has 0 unspecified atom stereocenters. The third kappa shape index (κ3) is 5.54. The van der Waals surface area contributed by atoms with Crippen molar-refractivity contribution in [2.45, 2.75) is 38.9 Å². The summed E-state index contributed by atoms with van der Waals surface area (Å²) >= 11 is 5.95. The van der Waals surface area contributed by atoms with Gasteiger partial charge in [-0.05, 0) is 42.6 Å². The van der Waals surface area contributed by atoms with Crippen LogP contribution in [0.1, 0.15) is 19.4 Å². The van der Waals surface area contributed by atoms with Crippen LogP contribution in [0.25, 0.3) is 11.1 Å². The number of hydrogen-bond donors (Lipinski definition) is 2. The van der Waals surface area contributed by atoms with Gasteiger partial charge >= 0.3 is 19.0 Å². The number of ether oxygens (including phenoxy) is 2. The number of carbonyl (C=O) groups excluding carboxylic acids is 3. The summed E-state index contributed by atoms with van der Waals surface area (Å²) in [4.78, 5) is 37.6. The number of benzene rings is 2. The predicted octanol–water partition coefficient (Wildman–Crippen LogP) is 2.78. The van der Waals surface area contributed by atoms with E-state index in [1.807, 2.05) is 0 Å². The second kappa shape index (κ2) is 9.40. The summed E-state index contributed by atoms with van der Waals surface area (Å²) in [6.45, 7) is 4.19. The molecule has 0 bridgehead atoms. The number of halogens is 2. The summed E-state index contributed by atoms with van der Waals surface area (Å²) in [5, 5.41) is 12.8. The van der Waals surface area contributed by atoms with E-state index in [0.717, 1.165) is 0 Å². The van der Waals surface area contributed by atoms with E-state index in [1.54, 1.807) is 24.3 Å². The fraction of sp³-hybridized carbons (Fsp3) is 0.318. The largest absolute Gasteiger partial charge is 0.437 e. The second-order valence-corrected chi connectivity index (χ2v) is 8.43. The molecule has 2 N–H and O–H groups in total. The quantitative estimate of drug-likeness (QED) is 0.371. The lowest BCUT2D eigenvalue weighted by Crippen LogP contribution is -2.55. The summed E-state index contributed by atoms with van der Waals surface area (Å²) < 4.78 is 24.2. The monoisotopic (exact) mass is 461 g/mol. The van der Waals surface area contributed by atoms with Gasteiger partial charge in [0.05, 0.1) is 6.04 Å². The zero-order valence-electron chi connectivity index (χ0n) is 17.7. The topological polar surface area (TPSA) is 102 Å². The third-order valence-corrected chi connectivity index (χ3v) is 5.10. The number of rotatable bonds is 7. The molecule has 0 aliphatic carbocycles. The van der Waals surface area contributed by atoms with E-state index in [0.29, 0.717) is 21.7 Å². The van der Waals surface area contributed by atoms with Crippen molar-refractivity contribution in [3.05, 3.63) is 58.9 Å². The van der Waals surface area contributed by atoms with Crippen LogP contribution in [0.4, 0.5) is 4.39 Å². The molecule has 1 atom stereocenters. The van der Waals surface area contributed by atoms with Gasteiger partial charge in [-0.25, -0.2) is 4.39 Å². The number of cyclic esters (lactones) is 2. The first-order valence-electron chi connectivity index (χ1n) is 9.95. The van der Waals surface area contributed by atoms with Gasteiger partial charge in [0, 0.05) is 24.4 Å². The average Bonchev–Trinajstić information content (AvgIpc) is 2.68. The van der Waals surface area contributed by atoms with Crippen molar-refractivity contribution in [2.75, 3.05) is 0 Å². The summed E-state index contributed by atoms with van der Waals surface area (Å²) in [6.07, 6.45) is 0.0580. The van der Waals surface area contributed by atoms with Crippen LogP contribution in [-0.2, 0) is 30.3 Å². The van der Waals surface area contributed by atoms with Gasteiger partial charge in [-0.3, -0.25) is 14.4 Å². The Morgan fingerprint density at radius 2 is 1.78 bits per heavy atom. The van der Waals surface area contributed by atoms with Gasteiger partial charge < -0.3 is 19.7 Å². The van der Waals surface area contributed by atoms with E-state index in [9.17, 15) is 23.8 Å². The van der Waals surface area contributed by atoms with Crippen LogP contribution in [-0.4, -0.2) is 41.6 Å². The van der Waals surface area contributed by atoms with E-state index in [2.05, 4.69) is 5.23 Å². The van der Waals surface area contributed by atoms with Crippen molar-refractivity contribution in [1.29, 1.82) is 0 Å². The summed E-state index contributed by atoms with van der Waals surface area (Å²) in [5.41, 5.74) is 1.57. The third-order valence-electron chi connectivity index (χ3n) is 4.87. The molecule has 0 amide bonds. The van der Waals surface area contributed by atoms with Crippen LogP contribution < -0.4 is 5.23 Å². The minimum absolute atomic E-state index is 0.0580. The first kappa shape index (κ1) is 23.9. The lowest BCUT2D eigenvalue weighted by atomic mass is 9.83. The molecule has 2 aromatic carbocycles. The molecule has 32 heavy (non-hydrogen) atoms.